The van der Waals surface area contributed by atoms with Crippen LogP contribution in [-0.2, 0) is 33.3 Å². The Hall–Kier alpha value is -5.09. The standard InChI is InChI=1S/C66H103NO8/c1-6-8-10-12-14-16-18-20-22-24-26-27-28-29-30-31-32-33-34-35-36-37-39-41-43-45-47-49-51-53-55-57-64(69)75-62(61-74-66(65(70)71)72-59-58-67(3,4)5)60-73-63(68)56-54-52-50-48-46-44-42-40-38-25-23-21-19-17-15-13-11-9-7-2/h8-11,14-17,20-23,26-27,29-30,32-33,35-36,38,40,44,46,50,52,62,66H,6-7,12-13,18-19,24-25,28,31,34,37,39,41-43,45,47-49,51,53-61H2,1-5H3/b10-8-,11-9-,16-14-,17-15-,22-20-,23-21-,27-26-,30-29-,33-32-,36-35-,40-38-,46-44-,52-50-. The van der Waals surface area contributed by atoms with Gasteiger partial charge in [-0.05, 0) is 109 Å². The molecule has 0 rings (SSSR count). The highest BCUT2D eigenvalue weighted by Gasteiger charge is 2.21. The van der Waals surface area contributed by atoms with Crippen LogP contribution < -0.4 is 5.11 Å². The number of allylic oxidation sites excluding steroid dienone is 26. The average molecular weight is 1040 g/mol. The summed E-state index contributed by atoms with van der Waals surface area (Å²) in [6, 6.07) is 0. The van der Waals surface area contributed by atoms with Crippen molar-refractivity contribution in [3.63, 3.8) is 0 Å². The number of carbonyl (C=O) groups is 3. The number of rotatable bonds is 50. The number of hydrogen-bond donors (Lipinski definition) is 0. The highest BCUT2D eigenvalue weighted by molar-refractivity contribution is 5.70. The first-order chi connectivity index (χ1) is 36.6. The van der Waals surface area contributed by atoms with E-state index in [1.165, 1.54) is 32.1 Å². The monoisotopic (exact) mass is 1040 g/mol. The summed E-state index contributed by atoms with van der Waals surface area (Å²) in [4.78, 5) is 37.2. The lowest BCUT2D eigenvalue weighted by Crippen LogP contribution is -2.44. The Morgan fingerprint density at radius 3 is 1.12 bits per heavy atom. The third kappa shape index (κ3) is 56.5. The highest BCUT2D eigenvalue weighted by atomic mass is 16.7. The second-order valence-electron chi connectivity index (χ2n) is 19.5. The van der Waals surface area contributed by atoms with E-state index in [4.69, 9.17) is 18.9 Å². The van der Waals surface area contributed by atoms with Crippen molar-refractivity contribution >= 4 is 17.9 Å². The normalized spacial score (nSPS) is 14.0. The van der Waals surface area contributed by atoms with Gasteiger partial charge in [0, 0.05) is 12.8 Å². The van der Waals surface area contributed by atoms with Crippen molar-refractivity contribution in [1.82, 2.24) is 0 Å². The van der Waals surface area contributed by atoms with Crippen molar-refractivity contribution in [3.8, 4) is 0 Å². The van der Waals surface area contributed by atoms with Gasteiger partial charge in [-0.25, -0.2) is 0 Å². The first-order valence-electron chi connectivity index (χ1n) is 28.6. The first kappa shape index (κ1) is 69.9. The van der Waals surface area contributed by atoms with E-state index in [0.717, 1.165) is 109 Å². The highest BCUT2D eigenvalue weighted by Crippen LogP contribution is 2.13. The molecule has 9 heteroatoms. The van der Waals surface area contributed by atoms with Crippen molar-refractivity contribution in [2.75, 3.05) is 47.5 Å². The molecule has 0 amide bonds. The Balaban J connectivity index is 4.37. The average Bonchev–Trinajstić information content (AvgIpc) is 3.38. The predicted octanol–water partition coefficient (Wildman–Crippen LogP) is 15.7. The van der Waals surface area contributed by atoms with Crippen LogP contribution in [-0.4, -0.2) is 82.3 Å². The Kier molecular flexibility index (Phi) is 51.4. The van der Waals surface area contributed by atoms with Gasteiger partial charge in [0.1, 0.15) is 13.2 Å². The van der Waals surface area contributed by atoms with Crippen LogP contribution in [0.15, 0.2) is 158 Å². The lowest BCUT2D eigenvalue weighted by Gasteiger charge is -2.26. The summed E-state index contributed by atoms with van der Waals surface area (Å²) in [5.41, 5.74) is 0. The van der Waals surface area contributed by atoms with Crippen LogP contribution in [0, 0.1) is 0 Å². The molecule has 0 aliphatic carbocycles. The molecule has 0 aromatic heterocycles. The second kappa shape index (κ2) is 55.2. The second-order valence-corrected chi connectivity index (χ2v) is 19.5. The van der Waals surface area contributed by atoms with E-state index in [-0.39, 0.29) is 32.7 Å². The molecule has 0 radical (unpaired) electrons. The minimum Gasteiger partial charge on any atom is -0.545 e. The number of aliphatic carboxylic acids is 1. The quantitative estimate of drug-likeness (QED) is 0.0195. The summed E-state index contributed by atoms with van der Waals surface area (Å²) in [5.74, 6) is -2.42. The molecule has 9 nitrogen and oxygen atoms in total. The van der Waals surface area contributed by atoms with Crippen LogP contribution in [0.3, 0.4) is 0 Å². The number of likely N-dealkylation sites (N-methyl/N-ethyl adjacent to an activating group) is 1. The number of carboxylic acids is 1. The van der Waals surface area contributed by atoms with Gasteiger partial charge in [0.25, 0.3) is 0 Å². The van der Waals surface area contributed by atoms with Gasteiger partial charge in [-0.3, -0.25) is 9.59 Å². The molecule has 0 aromatic rings. The number of hydrogen-bond acceptors (Lipinski definition) is 8. The fourth-order valence-electron chi connectivity index (χ4n) is 6.95. The van der Waals surface area contributed by atoms with Crippen molar-refractivity contribution < 1.29 is 42.9 Å². The van der Waals surface area contributed by atoms with E-state index >= 15 is 0 Å². The van der Waals surface area contributed by atoms with Crippen molar-refractivity contribution in [2.24, 2.45) is 0 Å². The molecule has 0 aliphatic heterocycles. The molecule has 2 unspecified atom stereocenters. The number of carboxylic acid groups (broad SMARTS) is 1. The van der Waals surface area contributed by atoms with Crippen LogP contribution in [0.2, 0.25) is 0 Å². The molecular weight excluding hydrogens is 935 g/mol. The summed E-state index contributed by atoms with van der Waals surface area (Å²) in [7, 11) is 5.88. The molecule has 2 atom stereocenters. The first-order valence-corrected chi connectivity index (χ1v) is 28.6. The van der Waals surface area contributed by atoms with Crippen molar-refractivity contribution in [3.05, 3.63) is 158 Å². The zero-order chi connectivity index (χ0) is 54.8. The van der Waals surface area contributed by atoms with Crippen molar-refractivity contribution in [2.45, 2.75) is 193 Å². The van der Waals surface area contributed by atoms with E-state index in [1.54, 1.807) is 0 Å². The minimum atomic E-state index is -1.65. The Morgan fingerprint density at radius 1 is 0.400 bits per heavy atom. The zero-order valence-electron chi connectivity index (χ0n) is 47.6. The van der Waals surface area contributed by atoms with Gasteiger partial charge in [0.2, 0.25) is 0 Å². The molecule has 0 bridgehead atoms. The topological polar surface area (TPSA) is 111 Å². The summed E-state index contributed by atoms with van der Waals surface area (Å²) in [5, 5.41) is 11.8. The zero-order valence-corrected chi connectivity index (χ0v) is 47.6. The maximum atomic E-state index is 12.9. The van der Waals surface area contributed by atoms with Crippen LogP contribution in [0.1, 0.15) is 181 Å². The third-order valence-electron chi connectivity index (χ3n) is 11.3. The maximum Gasteiger partial charge on any atom is 0.306 e. The molecule has 0 N–H and O–H groups in total. The molecule has 0 saturated carbocycles. The van der Waals surface area contributed by atoms with Crippen LogP contribution in [0.4, 0.5) is 0 Å². The largest absolute Gasteiger partial charge is 0.545 e. The number of quaternary nitrogens is 1. The Labute approximate surface area is 457 Å². The SMILES string of the molecule is CC/C=C\C/C=C\C/C=C\C/C=C\C/C=C\C/C=C\C/C=C\CCCCCCCCCCCC(=O)OC(COC(=O)CC/C=C\C/C=C\C/C=C\C/C=C\C/C=C\C/C=C\CC)COC(OCC[N+](C)(C)C)C(=O)[O-]. The number of ether oxygens (including phenoxy) is 4. The Morgan fingerprint density at radius 2 is 0.747 bits per heavy atom. The third-order valence-corrected chi connectivity index (χ3v) is 11.3. The smallest absolute Gasteiger partial charge is 0.306 e. The molecule has 0 heterocycles. The van der Waals surface area contributed by atoms with E-state index in [9.17, 15) is 19.5 Å². The van der Waals surface area contributed by atoms with E-state index < -0.39 is 30.3 Å². The van der Waals surface area contributed by atoms with E-state index in [2.05, 4.69) is 160 Å². The van der Waals surface area contributed by atoms with Crippen LogP contribution in [0.5, 0.6) is 0 Å². The maximum absolute atomic E-state index is 12.9. The summed E-state index contributed by atoms with van der Waals surface area (Å²) >= 11 is 0. The summed E-state index contributed by atoms with van der Waals surface area (Å²) in [6.07, 6.45) is 78.8. The molecular formula is C66H103NO8. The molecule has 0 aromatic carbocycles. The lowest BCUT2D eigenvalue weighted by atomic mass is 10.1. The number of esters is 2. The molecule has 0 saturated heterocycles. The van der Waals surface area contributed by atoms with E-state index in [0.29, 0.717) is 23.9 Å². The summed E-state index contributed by atoms with van der Waals surface area (Å²) < 4.78 is 22.6. The van der Waals surface area contributed by atoms with Gasteiger partial charge in [-0.2, -0.15) is 0 Å². The Bertz CT molecular complexity index is 1780. The summed E-state index contributed by atoms with van der Waals surface area (Å²) in [6.45, 7) is 4.39. The number of unbranched alkanes of at least 4 members (excludes halogenated alkanes) is 9. The van der Waals surface area contributed by atoms with E-state index in [1.807, 2.05) is 33.3 Å². The van der Waals surface area contributed by atoms with Gasteiger partial charge in [0.05, 0.1) is 40.3 Å². The van der Waals surface area contributed by atoms with Crippen molar-refractivity contribution in [1.29, 1.82) is 0 Å². The molecule has 0 aliphatic rings. The predicted molar refractivity (Wildman–Crippen MR) is 315 cm³/mol. The van der Waals surface area contributed by atoms with Gasteiger partial charge in [0.15, 0.2) is 12.4 Å². The van der Waals surface area contributed by atoms with Gasteiger partial charge in [-0.1, -0.05) is 217 Å². The molecule has 0 spiro atoms. The molecule has 0 fully saturated rings. The number of carbonyl (C=O) groups excluding carboxylic acids is 3. The fraction of sp³-hybridized carbons (Fsp3) is 0.561. The van der Waals surface area contributed by atoms with Gasteiger partial charge >= 0.3 is 11.9 Å². The van der Waals surface area contributed by atoms with Crippen LogP contribution >= 0.6 is 0 Å². The number of nitrogens with zero attached hydrogens (tertiary/aromatic N) is 1. The molecule has 420 valence electrons. The van der Waals surface area contributed by atoms with Crippen LogP contribution in [0.25, 0.3) is 0 Å². The van der Waals surface area contributed by atoms with Gasteiger partial charge < -0.3 is 33.3 Å². The molecule has 75 heavy (non-hydrogen) atoms. The minimum absolute atomic E-state index is 0.126. The fourth-order valence-corrected chi connectivity index (χ4v) is 6.95. The van der Waals surface area contributed by atoms with Gasteiger partial charge in [-0.15, -0.1) is 0 Å². The lowest BCUT2D eigenvalue weighted by molar-refractivity contribution is -0.870.